The third kappa shape index (κ3) is 4.27. The van der Waals surface area contributed by atoms with Gasteiger partial charge >= 0.3 is 0 Å². The third-order valence-electron chi connectivity index (χ3n) is 2.49. The Morgan fingerprint density at radius 3 is 2.47 bits per heavy atom. The van der Waals surface area contributed by atoms with Crippen LogP contribution in [0.4, 0.5) is 0 Å². The first-order valence-corrected chi connectivity index (χ1v) is 5.72. The van der Waals surface area contributed by atoms with E-state index in [1.165, 1.54) is 5.56 Å². The van der Waals surface area contributed by atoms with Crippen LogP contribution >= 0.6 is 0 Å². The van der Waals surface area contributed by atoms with Crippen LogP contribution in [0.3, 0.4) is 0 Å². The molecule has 0 atom stereocenters. The highest BCUT2D eigenvalue weighted by molar-refractivity contribution is 5.79. The predicted molar refractivity (Wildman–Crippen MR) is 71.9 cm³/mol. The van der Waals surface area contributed by atoms with Crippen LogP contribution < -0.4 is 0 Å². The van der Waals surface area contributed by atoms with E-state index in [1.54, 1.807) is 17.1 Å². The summed E-state index contributed by atoms with van der Waals surface area (Å²) in [7, 11) is 0. The number of nitrogens with zero attached hydrogens (tertiary/aromatic N) is 1. The zero-order valence-corrected chi connectivity index (χ0v) is 10.4. The minimum Gasteiger partial charge on any atom is -0.335 e. The van der Waals surface area contributed by atoms with Gasteiger partial charge in [-0.05, 0) is 12.5 Å². The van der Waals surface area contributed by atoms with Crippen molar-refractivity contribution in [1.82, 2.24) is 4.90 Å². The molecule has 1 amide bonds. The van der Waals surface area contributed by atoms with Crippen LogP contribution in [-0.2, 0) is 11.2 Å². The zero-order chi connectivity index (χ0) is 12.7. The molecule has 0 saturated heterocycles. The number of hydrogen-bond acceptors (Lipinski definition) is 1. The van der Waals surface area contributed by atoms with Crippen LogP contribution in [0.25, 0.3) is 0 Å². The summed E-state index contributed by atoms with van der Waals surface area (Å²) < 4.78 is 0. The second kappa shape index (κ2) is 6.69. The fraction of sp³-hybridized carbons (Fsp3) is 0.267. The normalized spacial score (nSPS) is 9.71. The minimum atomic E-state index is 0.107. The number of aryl methyl sites for hydroxylation is 1. The molecule has 0 bridgehead atoms. The van der Waals surface area contributed by atoms with Crippen LogP contribution in [0, 0.1) is 6.92 Å². The SMILES string of the molecule is C=CCN(CC=C)C(=O)Cc1cccc(C)c1. The number of benzene rings is 1. The molecule has 1 aromatic rings. The maximum atomic E-state index is 12.0. The van der Waals surface area contributed by atoms with Gasteiger partial charge in [-0.2, -0.15) is 0 Å². The smallest absolute Gasteiger partial charge is 0.227 e. The summed E-state index contributed by atoms with van der Waals surface area (Å²) in [4.78, 5) is 13.8. The van der Waals surface area contributed by atoms with Gasteiger partial charge in [0, 0.05) is 13.1 Å². The average Bonchev–Trinajstić information content (AvgIpc) is 2.28. The summed E-state index contributed by atoms with van der Waals surface area (Å²) in [5.41, 5.74) is 2.22. The van der Waals surface area contributed by atoms with Gasteiger partial charge in [-0.1, -0.05) is 42.0 Å². The largest absolute Gasteiger partial charge is 0.335 e. The van der Waals surface area contributed by atoms with Crippen molar-refractivity contribution in [1.29, 1.82) is 0 Å². The first kappa shape index (κ1) is 13.2. The summed E-state index contributed by atoms with van der Waals surface area (Å²) >= 11 is 0. The molecule has 2 heteroatoms. The number of hydrogen-bond donors (Lipinski definition) is 0. The predicted octanol–water partition coefficient (Wildman–Crippen LogP) is 2.74. The van der Waals surface area contributed by atoms with Crippen LogP contribution in [0.1, 0.15) is 11.1 Å². The average molecular weight is 229 g/mol. The first-order valence-electron chi connectivity index (χ1n) is 5.72. The number of carbonyl (C=O) groups is 1. The van der Waals surface area contributed by atoms with Crippen molar-refractivity contribution in [2.24, 2.45) is 0 Å². The third-order valence-corrected chi connectivity index (χ3v) is 2.49. The highest BCUT2D eigenvalue weighted by Crippen LogP contribution is 2.06. The Morgan fingerprint density at radius 1 is 1.29 bits per heavy atom. The van der Waals surface area contributed by atoms with E-state index in [2.05, 4.69) is 13.2 Å². The van der Waals surface area contributed by atoms with E-state index in [1.807, 2.05) is 31.2 Å². The molecule has 0 aliphatic carbocycles. The lowest BCUT2D eigenvalue weighted by atomic mass is 10.1. The lowest BCUT2D eigenvalue weighted by Gasteiger charge is -2.19. The first-order chi connectivity index (χ1) is 8.17. The van der Waals surface area contributed by atoms with Crippen LogP contribution in [0.2, 0.25) is 0 Å². The van der Waals surface area contributed by atoms with Gasteiger partial charge in [0.1, 0.15) is 0 Å². The Morgan fingerprint density at radius 2 is 1.94 bits per heavy atom. The van der Waals surface area contributed by atoms with E-state index in [-0.39, 0.29) is 5.91 Å². The van der Waals surface area contributed by atoms with Gasteiger partial charge in [-0.25, -0.2) is 0 Å². The van der Waals surface area contributed by atoms with Crippen molar-refractivity contribution in [2.45, 2.75) is 13.3 Å². The maximum Gasteiger partial charge on any atom is 0.227 e. The second-order valence-corrected chi connectivity index (χ2v) is 4.04. The van der Waals surface area contributed by atoms with Crippen LogP contribution in [-0.4, -0.2) is 23.9 Å². The standard InChI is InChI=1S/C15H19NO/c1-4-9-16(10-5-2)15(17)12-14-8-6-7-13(3)11-14/h4-8,11H,1-2,9-10,12H2,3H3. The summed E-state index contributed by atoms with van der Waals surface area (Å²) in [5.74, 6) is 0.107. The van der Waals surface area contributed by atoms with E-state index in [0.29, 0.717) is 19.5 Å². The van der Waals surface area contributed by atoms with Crippen molar-refractivity contribution < 1.29 is 4.79 Å². The molecule has 0 aromatic heterocycles. The molecule has 0 N–H and O–H groups in total. The molecule has 0 unspecified atom stereocenters. The maximum absolute atomic E-state index is 12.0. The van der Waals surface area contributed by atoms with E-state index in [4.69, 9.17) is 0 Å². The Kier molecular flexibility index (Phi) is 5.21. The molecule has 0 radical (unpaired) electrons. The monoisotopic (exact) mass is 229 g/mol. The Balaban J connectivity index is 2.68. The molecular weight excluding hydrogens is 210 g/mol. The van der Waals surface area contributed by atoms with E-state index < -0.39 is 0 Å². The molecule has 0 saturated carbocycles. The Bertz CT molecular complexity index is 399. The van der Waals surface area contributed by atoms with Gasteiger partial charge in [-0.15, -0.1) is 13.2 Å². The molecule has 0 fully saturated rings. The van der Waals surface area contributed by atoms with Gasteiger partial charge in [0.25, 0.3) is 0 Å². The van der Waals surface area contributed by atoms with Crippen molar-refractivity contribution in [3.8, 4) is 0 Å². The Labute approximate surface area is 103 Å². The summed E-state index contributed by atoms with van der Waals surface area (Å²) in [5, 5.41) is 0. The number of carbonyl (C=O) groups excluding carboxylic acids is 1. The molecule has 0 aliphatic heterocycles. The minimum absolute atomic E-state index is 0.107. The number of amides is 1. The summed E-state index contributed by atoms with van der Waals surface area (Å²) in [6, 6.07) is 8.02. The van der Waals surface area contributed by atoms with Gasteiger partial charge in [0.15, 0.2) is 0 Å². The van der Waals surface area contributed by atoms with E-state index in [9.17, 15) is 4.79 Å². The van der Waals surface area contributed by atoms with Crippen LogP contribution in [0.5, 0.6) is 0 Å². The molecular formula is C15H19NO. The van der Waals surface area contributed by atoms with Gasteiger partial charge in [0.05, 0.1) is 6.42 Å². The van der Waals surface area contributed by atoms with Crippen molar-refractivity contribution >= 4 is 5.91 Å². The van der Waals surface area contributed by atoms with Gasteiger partial charge < -0.3 is 4.90 Å². The summed E-state index contributed by atoms with van der Waals surface area (Å²) in [6.07, 6.45) is 3.90. The topological polar surface area (TPSA) is 20.3 Å². The molecule has 0 spiro atoms. The molecule has 1 aromatic carbocycles. The molecule has 1 rings (SSSR count). The highest BCUT2D eigenvalue weighted by Gasteiger charge is 2.11. The zero-order valence-electron chi connectivity index (χ0n) is 10.4. The lowest BCUT2D eigenvalue weighted by molar-refractivity contribution is -0.129. The van der Waals surface area contributed by atoms with Crippen molar-refractivity contribution in [3.05, 3.63) is 60.7 Å². The van der Waals surface area contributed by atoms with E-state index in [0.717, 1.165) is 5.56 Å². The van der Waals surface area contributed by atoms with Crippen molar-refractivity contribution in [2.75, 3.05) is 13.1 Å². The number of rotatable bonds is 6. The molecule has 0 aliphatic rings. The Hall–Kier alpha value is -1.83. The molecule has 17 heavy (non-hydrogen) atoms. The van der Waals surface area contributed by atoms with Gasteiger partial charge in [0.2, 0.25) is 5.91 Å². The van der Waals surface area contributed by atoms with Crippen molar-refractivity contribution in [3.63, 3.8) is 0 Å². The second-order valence-electron chi connectivity index (χ2n) is 4.04. The quantitative estimate of drug-likeness (QED) is 0.687. The molecule has 2 nitrogen and oxygen atoms in total. The fourth-order valence-electron chi connectivity index (χ4n) is 1.70. The fourth-order valence-corrected chi connectivity index (χ4v) is 1.70. The molecule has 0 heterocycles. The summed E-state index contributed by atoms with van der Waals surface area (Å²) in [6.45, 7) is 10.5. The molecule has 90 valence electrons. The van der Waals surface area contributed by atoms with Gasteiger partial charge in [-0.3, -0.25) is 4.79 Å². The lowest BCUT2D eigenvalue weighted by Crippen LogP contribution is -2.32. The highest BCUT2D eigenvalue weighted by atomic mass is 16.2. The van der Waals surface area contributed by atoms with Crippen LogP contribution in [0.15, 0.2) is 49.6 Å². The van der Waals surface area contributed by atoms with E-state index >= 15 is 0 Å².